The zero-order valence-electron chi connectivity index (χ0n) is 13.0. The van der Waals surface area contributed by atoms with Crippen LogP contribution in [0.1, 0.15) is 42.7 Å². The van der Waals surface area contributed by atoms with Gasteiger partial charge in [0, 0.05) is 25.4 Å². The highest BCUT2D eigenvalue weighted by Crippen LogP contribution is 2.26. The van der Waals surface area contributed by atoms with E-state index in [-0.39, 0.29) is 6.04 Å². The molecule has 0 aromatic carbocycles. The van der Waals surface area contributed by atoms with E-state index in [1.165, 1.54) is 5.69 Å². The Morgan fingerprint density at radius 3 is 2.48 bits per heavy atom. The first-order valence-electron chi connectivity index (χ1n) is 7.30. The van der Waals surface area contributed by atoms with Crippen molar-refractivity contribution in [2.24, 2.45) is 0 Å². The SMILES string of the molecule is CCc1nn(CC)c(CC(NC)c2ncc(C)cn2)c1Br. The van der Waals surface area contributed by atoms with Gasteiger partial charge >= 0.3 is 0 Å². The molecule has 2 aromatic heterocycles. The average molecular weight is 352 g/mol. The summed E-state index contributed by atoms with van der Waals surface area (Å²) in [7, 11) is 1.94. The lowest BCUT2D eigenvalue weighted by atomic mass is 10.1. The lowest BCUT2D eigenvalue weighted by Crippen LogP contribution is -2.23. The van der Waals surface area contributed by atoms with E-state index in [4.69, 9.17) is 0 Å². The molecule has 0 amide bonds. The molecule has 2 rings (SSSR count). The predicted octanol–water partition coefficient (Wildman–Crippen LogP) is 2.83. The summed E-state index contributed by atoms with van der Waals surface area (Å²) in [6, 6.07) is 0.0774. The van der Waals surface area contributed by atoms with Gasteiger partial charge in [0.1, 0.15) is 5.82 Å². The zero-order chi connectivity index (χ0) is 15.4. The van der Waals surface area contributed by atoms with Crippen LogP contribution in [0.2, 0.25) is 0 Å². The van der Waals surface area contributed by atoms with E-state index in [0.29, 0.717) is 0 Å². The van der Waals surface area contributed by atoms with Gasteiger partial charge in [-0.05, 0) is 48.8 Å². The number of nitrogens with zero attached hydrogens (tertiary/aromatic N) is 4. The molecule has 0 spiro atoms. The molecule has 114 valence electrons. The van der Waals surface area contributed by atoms with Crippen molar-refractivity contribution >= 4 is 15.9 Å². The summed E-state index contributed by atoms with van der Waals surface area (Å²) >= 11 is 3.69. The van der Waals surface area contributed by atoms with E-state index in [1.54, 1.807) is 0 Å². The van der Waals surface area contributed by atoms with Gasteiger partial charge in [0.15, 0.2) is 0 Å². The van der Waals surface area contributed by atoms with Crippen LogP contribution in [0, 0.1) is 6.92 Å². The van der Waals surface area contributed by atoms with E-state index in [1.807, 2.05) is 26.4 Å². The maximum absolute atomic E-state index is 4.64. The summed E-state index contributed by atoms with van der Waals surface area (Å²) in [5, 5.41) is 7.95. The molecule has 2 heterocycles. The Morgan fingerprint density at radius 2 is 1.95 bits per heavy atom. The summed E-state index contributed by atoms with van der Waals surface area (Å²) in [6.07, 6.45) is 5.44. The minimum Gasteiger partial charge on any atom is -0.310 e. The third kappa shape index (κ3) is 3.49. The Morgan fingerprint density at radius 1 is 1.29 bits per heavy atom. The molecule has 0 bridgehead atoms. The van der Waals surface area contributed by atoms with Gasteiger partial charge in [0.05, 0.1) is 21.9 Å². The Balaban J connectivity index is 2.30. The van der Waals surface area contributed by atoms with E-state index in [2.05, 4.69) is 54.8 Å². The first-order valence-corrected chi connectivity index (χ1v) is 8.09. The molecule has 0 saturated heterocycles. The first kappa shape index (κ1) is 16.1. The standard InChI is InChI=1S/C15H22BrN5/c1-5-11-14(16)13(21(6-2)20-11)7-12(17-4)15-18-8-10(3)9-19-15/h8-9,12,17H,5-7H2,1-4H3. The number of rotatable bonds is 6. The number of likely N-dealkylation sites (N-methyl/N-ethyl adjacent to an activating group) is 1. The van der Waals surface area contributed by atoms with Gasteiger partial charge in [-0.1, -0.05) is 6.92 Å². The Bertz CT molecular complexity index is 591. The second-order valence-electron chi connectivity index (χ2n) is 5.04. The third-order valence-corrected chi connectivity index (χ3v) is 4.47. The smallest absolute Gasteiger partial charge is 0.145 e. The number of aryl methyl sites for hydroxylation is 3. The molecule has 21 heavy (non-hydrogen) atoms. The summed E-state index contributed by atoms with van der Waals surface area (Å²) in [5.41, 5.74) is 3.37. The molecule has 0 radical (unpaired) electrons. The van der Waals surface area contributed by atoms with Crippen LogP contribution in [-0.4, -0.2) is 26.8 Å². The molecular formula is C15H22BrN5. The van der Waals surface area contributed by atoms with Gasteiger partial charge in [-0.2, -0.15) is 5.10 Å². The number of aromatic nitrogens is 4. The van der Waals surface area contributed by atoms with Crippen molar-refractivity contribution in [3.05, 3.63) is 39.6 Å². The highest BCUT2D eigenvalue weighted by molar-refractivity contribution is 9.10. The molecule has 0 saturated carbocycles. The quantitative estimate of drug-likeness (QED) is 0.869. The van der Waals surface area contributed by atoms with Crippen LogP contribution in [0.3, 0.4) is 0 Å². The van der Waals surface area contributed by atoms with Crippen LogP contribution in [0.4, 0.5) is 0 Å². The third-order valence-electron chi connectivity index (χ3n) is 3.55. The molecule has 5 nitrogen and oxygen atoms in total. The molecule has 0 aliphatic heterocycles. The van der Waals surface area contributed by atoms with E-state index >= 15 is 0 Å². The fourth-order valence-corrected chi connectivity index (χ4v) is 3.04. The maximum atomic E-state index is 4.64. The van der Waals surface area contributed by atoms with Crippen molar-refractivity contribution in [2.45, 2.75) is 46.2 Å². The second kappa shape index (κ2) is 7.13. The van der Waals surface area contributed by atoms with Crippen molar-refractivity contribution in [1.29, 1.82) is 0 Å². The van der Waals surface area contributed by atoms with Gasteiger partial charge in [0.2, 0.25) is 0 Å². The largest absolute Gasteiger partial charge is 0.310 e. The number of hydrogen-bond donors (Lipinski definition) is 1. The van der Waals surface area contributed by atoms with E-state index < -0.39 is 0 Å². The molecule has 0 aliphatic carbocycles. The van der Waals surface area contributed by atoms with Crippen molar-refractivity contribution < 1.29 is 0 Å². The molecule has 1 unspecified atom stereocenters. The van der Waals surface area contributed by atoms with E-state index in [0.717, 1.165) is 40.9 Å². The normalized spacial score (nSPS) is 12.6. The number of hydrogen-bond acceptors (Lipinski definition) is 4. The Kier molecular flexibility index (Phi) is 5.47. The summed E-state index contributed by atoms with van der Waals surface area (Å²) in [6.45, 7) is 7.09. The maximum Gasteiger partial charge on any atom is 0.145 e. The van der Waals surface area contributed by atoms with Crippen LogP contribution in [0.5, 0.6) is 0 Å². The Labute approximate surface area is 134 Å². The second-order valence-corrected chi connectivity index (χ2v) is 5.83. The van der Waals surface area contributed by atoms with Crippen LogP contribution in [0.25, 0.3) is 0 Å². The van der Waals surface area contributed by atoms with Gasteiger partial charge in [0.25, 0.3) is 0 Å². The van der Waals surface area contributed by atoms with Crippen molar-refractivity contribution in [3.63, 3.8) is 0 Å². The first-order chi connectivity index (χ1) is 10.1. The van der Waals surface area contributed by atoms with Crippen LogP contribution in [0.15, 0.2) is 16.9 Å². The summed E-state index contributed by atoms with van der Waals surface area (Å²) in [4.78, 5) is 8.88. The lowest BCUT2D eigenvalue weighted by molar-refractivity contribution is 0.518. The topological polar surface area (TPSA) is 55.6 Å². The molecule has 0 aliphatic rings. The van der Waals surface area contributed by atoms with Crippen LogP contribution in [-0.2, 0) is 19.4 Å². The van der Waals surface area contributed by atoms with Crippen molar-refractivity contribution in [1.82, 2.24) is 25.1 Å². The highest BCUT2D eigenvalue weighted by Gasteiger charge is 2.20. The van der Waals surface area contributed by atoms with Gasteiger partial charge < -0.3 is 5.32 Å². The zero-order valence-corrected chi connectivity index (χ0v) is 14.6. The Hall–Kier alpha value is -1.27. The average Bonchev–Trinajstić information content (AvgIpc) is 2.81. The number of halogens is 1. The summed E-state index contributed by atoms with van der Waals surface area (Å²) in [5.74, 6) is 0.817. The molecule has 1 atom stereocenters. The summed E-state index contributed by atoms with van der Waals surface area (Å²) < 4.78 is 3.17. The fraction of sp³-hybridized carbons (Fsp3) is 0.533. The number of nitrogens with one attached hydrogen (secondary N) is 1. The van der Waals surface area contributed by atoms with Gasteiger partial charge in [-0.15, -0.1) is 0 Å². The van der Waals surface area contributed by atoms with Crippen molar-refractivity contribution in [2.75, 3.05) is 7.05 Å². The molecular weight excluding hydrogens is 330 g/mol. The van der Waals surface area contributed by atoms with Crippen molar-refractivity contribution in [3.8, 4) is 0 Å². The van der Waals surface area contributed by atoms with Crippen LogP contribution < -0.4 is 5.32 Å². The van der Waals surface area contributed by atoms with Crippen LogP contribution >= 0.6 is 15.9 Å². The highest BCUT2D eigenvalue weighted by atomic mass is 79.9. The van der Waals surface area contributed by atoms with Gasteiger partial charge in [-0.3, -0.25) is 4.68 Å². The van der Waals surface area contributed by atoms with Gasteiger partial charge in [-0.25, -0.2) is 9.97 Å². The fourth-order valence-electron chi connectivity index (χ4n) is 2.31. The van der Waals surface area contributed by atoms with E-state index in [9.17, 15) is 0 Å². The lowest BCUT2D eigenvalue weighted by Gasteiger charge is -2.16. The molecule has 6 heteroatoms. The molecule has 2 aromatic rings. The minimum atomic E-state index is 0.0774. The predicted molar refractivity (Wildman–Crippen MR) is 87.3 cm³/mol. The minimum absolute atomic E-state index is 0.0774. The molecule has 1 N–H and O–H groups in total. The monoisotopic (exact) mass is 351 g/mol. The molecule has 0 fully saturated rings.